The van der Waals surface area contributed by atoms with Crippen LogP contribution in [0.5, 0.6) is 5.75 Å². The van der Waals surface area contributed by atoms with Gasteiger partial charge in [-0.1, -0.05) is 54.2 Å². The maximum absolute atomic E-state index is 13.2. The molecule has 1 aromatic heterocycles. The van der Waals surface area contributed by atoms with E-state index in [0.29, 0.717) is 22.3 Å². The normalized spacial score (nSPS) is 11.7. The number of amides is 1. The van der Waals surface area contributed by atoms with Gasteiger partial charge >= 0.3 is 0 Å². The highest BCUT2D eigenvalue weighted by Crippen LogP contribution is 2.36. The van der Waals surface area contributed by atoms with Crippen molar-refractivity contribution in [3.05, 3.63) is 90.2 Å². The second-order valence-electron chi connectivity index (χ2n) is 6.45. The largest absolute Gasteiger partial charge is 0.494 e. The molecule has 1 atom stereocenters. The van der Waals surface area contributed by atoms with E-state index in [1.807, 2.05) is 48.5 Å². The zero-order chi connectivity index (χ0) is 21.6. The molecular formula is C22H18FN5O2S. The Morgan fingerprint density at radius 2 is 1.74 bits per heavy atom. The summed E-state index contributed by atoms with van der Waals surface area (Å²) in [5, 5.41) is 14.6. The third-order valence-electron chi connectivity index (χ3n) is 4.43. The molecule has 0 radical (unpaired) electrons. The molecule has 1 N–H and O–H groups in total. The monoisotopic (exact) mass is 435 g/mol. The van der Waals surface area contributed by atoms with Crippen LogP contribution in [0.25, 0.3) is 5.69 Å². The number of tetrazole rings is 1. The van der Waals surface area contributed by atoms with E-state index in [4.69, 9.17) is 4.74 Å². The van der Waals surface area contributed by atoms with E-state index in [1.54, 1.807) is 13.2 Å². The van der Waals surface area contributed by atoms with Crippen molar-refractivity contribution in [2.45, 2.75) is 10.4 Å². The molecular weight excluding hydrogens is 417 g/mol. The van der Waals surface area contributed by atoms with E-state index in [1.165, 1.54) is 40.7 Å². The Hall–Kier alpha value is -3.72. The lowest BCUT2D eigenvalue weighted by Gasteiger charge is -2.17. The minimum atomic E-state index is -0.647. The average Bonchev–Trinajstić information content (AvgIpc) is 3.27. The lowest BCUT2D eigenvalue weighted by molar-refractivity contribution is -0.115. The summed E-state index contributed by atoms with van der Waals surface area (Å²) in [6, 6.07) is 22.3. The van der Waals surface area contributed by atoms with Gasteiger partial charge in [0.1, 0.15) is 22.5 Å². The van der Waals surface area contributed by atoms with Gasteiger partial charge in [-0.3, -0.25) is 4.79 Å². The third kappa shape index (κ3) is 4.72. The molecule has 4 rings (SSSR count). The van der Waals surface area contributed by atoms with Gasteiger partial charge in [0.25, 0.3) is 0 Å². The summed E-state index contributed by atoms with van der Waals surface area (Å²) < 4.78 is 20.2. The molecule has 0 fully saturated rings. The number of hydrogen-bond acceptors (Lipinski definition) is 6. The van der Waals surface area contributed by atoms with Crippen molar-refractivity contribution in [2.24, 2.45) is 0 Å². The number of carbonyl (C=O) groups is 1. The SMILES string of the molecule is COc1ccccc1-n1nnnc1S[C@H](C(=O)Nc1ccc(F)cc1)c1ccccc1. The summed E-state index contributed by atoms with van der Waals surface area (Å²) in [5.74, 6) is -0.0518. The minimum Gasteiger partial charge on any atom is -0.494 e. The second-order valence-corrected chi connectivity index (χ2v) is 7.52. The van der Waals surface area contributed by atoms with E-state index in [9.17, 15) is 9.18 Å². The van der Waals surface area contributed by atoms with Crippen molar-refractivity contribution in [2.75, 3.05) is 12.4 Å². The smallest absolute Gasteiger partial charge is 0.242 e. The lowest BCUT2D eigenvalue weighted by Crippen LogP contribution is -2.19. The lowest BCUT2D eigenvalue weighted by atomic mass is 10.1. The standard InChI is InChI=1S/C22H18FN5O2S/c1-30-19-10-6-5-9-18(19)28-22(25-26-27-28)31-20(15-7-3-2-4-8-15)21(29)24-17-13-11-16(23)12-14-17/h2-14,20H,1H3,(H,24,29)/t20-/m0/s1. The summed E-state index contributed by atoms with van der Waals surface area (Å²) in [7, 11) is 1.57. The van der Waals surface area contributed by atoms with Crippen molar-refractivity contribution in [3.8, 4) is 11.4 Å². The average molecular weight is 435 g/mol. The Balaban J connectivity index is 1.66. The molecule has 0 aliphatic rings. The zero-order valence-corrected chi connectivity index (χ0v) is 17.3. The van der Waals surface area contributed by atoms with E-state index in [-0.39, 0.29) is 11.7 Å². The van der Waals surface area contributed by atoms with Gasteiger partial charge in [-0.15, -0.1) is 5.10 Å². The molecule has 1 amide bonds. The van der Waals surface area contributed by atoms with Gasteiger partial charge in [0.15, 0.2) is 0 Å². The Morgan fingerprint density at radius 3 is 2.48 bits per heavy atom. The van der Waals surface area contributed by atoms with Gasteiger partial charge in [-0.2, -0.15) is 4.68 Å². The molecule has 0 aliphatic heterocycles. The van der Waals surface area contributed by atoms with E-state index in [2.05, 4.69) is 20.8 Å². The first-order valence-electron chi connectivity index (χ1n) is 9.35. The molecule has 1 heterocycles. The molecule has 4 aromatic rings. The molecule has 0 saturated carbocycles. The van der Waals surface area contributed by atoms with Gasteiger partial charge in [0.05, 0.1) is 7.11 Å². The molecule has 9 heteroatoms. The maximum Gasteiger partial charge on any atom is 0.242 e. The number of thioether (sulfide) groups is 1. The fourth-order valence-corrected chi connectivity index (χ4v) is 3.94. The predicted molar refractivity (Wildman–Crippen MR) is 116 cm³/mol. The molecule has 31 heavy (non-hydrogen) atoms. The fourth-order valence-electron chi connectivity index (χ4n) is 2.96. The number of rotatable bonds is 7. The highest BCUT2D eigenvalue weighted by atomic mass is 32.2. The van der Waals surface area contributed by atoms with Crippen molar-refractivity contribution in [3.63, 3.8) is 0 Å². The van der Waals surface area contributed by atoms with Crippen molar-refractivity contribution >= 4 is 23.4 Å². The Labute approximate surface area is 182 Å². The number of benzene rings is 3. The fraction of sp³-hybridized carbons (Fsp3) is 0.0909. The topological polar surface area (TPSA) is 81.9 Å². The molecule has 0 spiro atoms. The molecule has 0 unspecified atom stereocenters. The number of nitrogens with one attached hydrogen (secondary N) is 1. The highest BCUT2D eigenvalue weighted by molar-refractivity contribution is 8.00. The second kappa shape index (κ2) is 9.40. The van der Waals surface area contributed by atoms with Crippen LogP contribution in [0.2, 0.25) is 0 Å². The summed E-state index contributed by atoms with van der Waals surface area (Å²) in [6.45, 7) is 0. The van der Waals surface area contributed by atoms with Gasteiger partial charge in [-0.25, -0.2) is 4.39 Å². The summed E-state index contributed by atoms with van der Waals surface area (Å²) in [4.78, 5) is 13.2. The van der Waals surface area contributed by atoms with Crippen molar-refractivity contribution in [1.82, 2.24) is 20.2 Å². The van der Waals surface area contributed by atoms with Crippen LogP contribution < -0.4 is 10.1 Å². The van der Waals surface area contributed by atoms with Gasteiger partial charge in [0.2, 0.25) is 11.1 Å². The van der Waals surface area contributed by atoms with E-state index < -0.39 is 5.25 Å². The number of hydrogen-bond donors (Lipinski definition) is 1. The van der Waals surface area contributed by atoms with Crippen LogP contribution in [0.15, 0.2) is 84.0 Å². The Morgan fingerprint density at radius 1 is 1.03 bits per heavy atom. The Kier molecular flexibility index (Phi) is 6.23. The first-order valence-corrected chi connectivity index (χ1v) is 10.2. The van der Waals surface area contributed by atoms with E-state index >= 15 is 0 Å². The van der Waals surface area contributed by atoms with Crippen LogP contribution in [-0.2, 0) is 4.79 Å². The quantitative estimate of drug-likeness (QED) is 0.436. The summed E-state index contributed by atoms with van der Waals surface area (Å²) >= 11 is 1.20. The van der Waals surface area contributed by atoms with Gasteiger partial charge < -0.3 is 10.1 Å². The number of carbonyl (C=O) groups excluding carboxylic acids is 1. The molecule has 156 valence electrons. The van der Waals surface area contributed by atoms with Crippen LogP contribution in [0, 0.1) is 5.82 Å². The van der Waals surface area contributed by atoms with Gasteiger partial charge in [0, 0.05) is 5.69 Å². The number of para-hydroxylation sites is 2. The minimum absolute atomic E-state index is 0.280. The van der Waals surface area contributed by atoms with Crippen molar-refractivity contribution < 1.29 is 13.9 Å². The number of ether oxygens (including phenoxy) is 1. The maximum atomic E-state index is 13.2. The summed E-state index contributed by atoms with van der Waals surface area (Å²) in [5.41, 5.74) is 1.93. The molecule has 0 bridgehead atoms. The number of methoxy groups -OCH3 is 1. The van der Waals surface area contributed by atoms with E-state index in [0.717, 1.165) is 5.56 Å². The number of halogens is 1. The Bertz CT molecular complexity index is 1170. The number of anilines is 1. The zero-order valence-electron chi connectivity index (χ0n) is 16.5. The van der Waals surface area contributed by atoms with Crippen molar-refractivity contribution in [1.29, 1.82) is 0 Å². The van der Waals surface area contributed by atoms with Crippen LogP contribution in [0.4, 0.5) is 10.1 Å². The molecule has 7 nitrogen and oxygen atoms in total. The number of nitrogens with zero attached hydrogens (tertiary/aromatic N) is 4. The third-order valence-corrected chi connectivity index (χ3v) is 5.62. The predicted octanol–water partition coefficient (Wildman–Crippen LogP) is 4.28. The molecule has 0 saturated heterocycles. The van der Waals surface area contributed by atoms with Crippen LogP contribution in [0.3, 0.4) is 0 Å². The molecule has 0 aliphatic carbocycles. The first-order chi connectivity index (χ1) is 15.2. The molecule has 3 aromatic carbocycles. The summed E-state index contributed by atoms with van der Waals surface area (Å²) in [6.07, 6.45) is 0. The van der Waals surface area contributed by atoms with Crippen LogP contribution >= 0.6 is 11.8 Å². The first kappa shape index (κ1) is 20.5. The van der Waals surface area contributed by atoms with Crippen LogP contribution in [0.1, 0.15) is 10.8 Å². The van der Waals surface area contributed by atoms with Gasteiger partial charge in [-0.05, 0) is 52.4 Å². The highest BCUT2D eigenvalue weighted by Gasteiger charge is 2.26. The van der Waals surface area contributed by atoms with Crippen LogP contribution in [-0.4, -0.2) is 33.2 Å². The number of aromatic nitrogens is 4.